The van der Waals surface area contributed by atoms with E-state index in [2.05, 4.69) is 20.3 Å². The number of fused-ring (bicyclic) bond motifs is 1. The maximum atomic E-state index is 13.8. The van der Waals surface area contributed by atoms with Gasteiger partial charge in [0, 0.05) is 24.5 Å². The molecule has 4 rings (SSSR count). The minimum absolute atomic E-state index is 0.0339. The van der Waals surface area contributed by atoms with Gasteiger partial charge in [-0.15, -0.1) is 0 Å². The molecule has 1 aliphatic heterocycles. The van der Waals surface area contributed by atoms with Crippen molar-refractivity contribution < 1.29 is 26.3 Å². The Morgan fingerprint density at radius 2 is 1.79 bits per heavy atom. The first-order valence-electron chi connectivity index (χ1n) is 11.9. The highest BCUT2D eigenvalue weighted by molar-refractivity contribution is 5.93. The molecule has 0 atom stereocenters. The predicted molar refractivity (Wildman–Crippen MR) is 133 cm³/mol. The summed E-state index contributed by atoms with van der Waals surface area (Å²) in [6.45, 7) is 3.48. The number of halogens is 6. The lowest BCUT2D eigenvalue weighted by molar-refractivity contribution is -0.141. The van der Waals surface area contributed by atoms with Crippen LogP contribution < -0.4 is 5.32 Å². The number of hydrogen-bond donors (Lipinski definition) is 1. The van der Waals surface area contributed by atoms with Gasteiger partial charge in [-0.2, -0.15) is 26.3 Å². The van der Waals surface area contributed by atoms with Crippen molar-refractivity contribution in [2.45, 2.75) is 32.2 Å². The van der Waals surface area contributed by atoms with Gasteiger partial charge in [-0.1, -0.05) is 25.1 Å². The van der Waals surface area contributed by atoms with Crippen LogP contribution in [0.25, 0.3) is 16.6 Å². The van der Waals surface area contributed by atoms with E-state index in [9.17, 15) is 26.3 Å². The van der Waals surface area contributed by atoms with Crippen LogP contribution in [0, 0.1) is 0 Å². The molecule has 0 aliphatic carbocycles. The van der Waals surface area contributed by atoms with Gasteiger partial charge in [0.15, 0.2) is 0 Å². The van der Waals surface area contributed by atoms with Gasteiger partial charge in [0.1, 0.15) is 17.3 Å². The van der Waals surface area contributed by atoms with Gasteiger partial charge in [-0.05, 0) is 44.3 Å². The van der Waals surface area contributed by atoms with Crippen molar-refractivity contribution in [3.05, 3.63) is 71.3 Å². The molecule has 0 saturated carbocycles. The Labute approximate surface area is 215 Å². The summed E-state index contributed by atoms with van der Waals surface area (Å²) in [6.07, 6.45) is -4.63. The van der Waals surface area contributed by atoms with Crippen LogP contribution in [0.1, 0.15) is 30.4 Å². The van der Waals surface area contributed by atoms with Crippen LogP contribution in [-0.4, -0.2) is 58.1 Å². The zero-order valence-electron chi connectivity index (χ0n) is 21.0. The molecule has 0 amide bonds. The highest BCUT2D eigenvalue weighted by Gasteiger charge is 2.37. The largest absolute Gasteiger partial charge is 0.433 e. The summed E-state index contributed by atoms with van der Waals surface area (Å²) in [5.41, 5.74) is -0.735. The van der Waals surface area contributed by atoms with E-state index >= 15 is 0 Å². The molecule has 3 heterocycles. The van der Waals surface area contributed by atoms with Gasteiger partial charge in [-0.3, -0.25) is 4.90 Å². The van der Waals surface area contributed by atoms with E-state index in [4.69, 9.17) is 0 Å². The Kier molecular flexibility index (Phi) is 7.63. The van der Waals surface area contributed by atoms with Crippen LogP contribution in [0.15, 0.2) is 54.3 Å². The quantitative estimate of drug-likeness (QED) is 0.353. The molecule has 3 aromatic rings. The highest BCUT2D eigenvalue weighted by Crippen LogP contribution is 2.38. The SMILES string of the molecule is CCCN(C)Cc1nc(Nc2ccc(C(F)(F)F)nc2)c2ccc(C3=C(C(F)(F)F)C=CCN3C)cc2n1. The molecule has 1 aliphatic rings. The van der Waals surface area contributed by atoms with E-state index in [1.165, 1.54) is 17.0 Å². The third kappa shape index (κ3) is 6.07. The number of alkyl halides is 6. The van der Waals surface area contributed by atoms with Gasteiger partial charge in [0.05, 0.1) is 35.2 Å². The fraction of sp³-hybridized carbons (Fsp3) is 0.346. The second-order valence-electron chi connectivity index (χ2n) is 9.06. The molecule has 0 unspecified atom stereocenters. The Balaban J connectivity index is 1.81. The Morgan fingerprint density at radius 3 is 2.42 bits per heavy atom. The van der Waals surface area contributed by atoms with Gasteiger partial charge >= 0.3 is 12.4 Å². The Morgan fingerprint density at radius 1 is 1.03 bits per heavy atom. The molecule has 1 N–H and O–H groups in total. The van der Waals surface area contributed by atoms with Crippen LogP contribution in [-0.2, 0) is 12.7 Å². The van der Waals surface area contributed by atoms with E-state index in [0.29, 0.717) is 41.2 Å². The normalized spacial score (nSPS) is 14.6. The molecule has 38 heavy (non-hydrogen) atoms. The first-order chi connectivity index (χ1) is 17.9. The topological polar surface area (TPSA) is 57.2 Å². The standard InChI is InChI=1S/C26H26F6N6/c1-4-11-37(2)15-22-35-20-13-16(23-19(25(27,28)29)6-5-12-38(23)3)7-9-18(20)24(36-22)34-17-8-10-21(33-14-17)26(30,31)32/h5-10,13-14H,4,11-12,15H2,1-3H3,(H,34,35,36). The van der Waals surface area contributed by atoms with E-state index < -0.39 is 23.6 Å². The van der Waals surface area contributed by atoms with Crippen LogP contribution >= 0.6 is 0 Å². The predicted octanol–water partition coefficient (Wildman–Crippen LogP) is 6.40. The van der Waals surface area contributed by atoms with Crippen molar-refractivity contribution in [3.8, 4) is 0 Å². The van der Waals surface area contributed by atoms with E-state index in [0.717, 1.165) is 31.3 Å². The number of rotatable bonds is 7. The summed E-state index contributed by atoms with van der Waals surface area (Å²) in [5.74, 6) is 0.722. The number of aromatic nitrogens is 3. The van der Waals surface area contributed by atoms with Crippen molar-refractivity contribution in [1.29, 1.82) is 0 Å². The zero-order chi connectivity index (χ0) is 27.7. The van der Waals surface area contributed by atoms with Gasteiger partial charge in [0.2, 0.25) is 0 Å². The van der Waals surface area contributed by atoms with Crippen molar-refractivity contribution in [3.63, 3.8) is 0 Å². The summed E-state index contributed by atoms with van der Waals surface area (Å²) < 4.78 is 80.2. The fourth-order valence-corrected chi connectivity index (χ4v) is 4.27. The summed E-state index contributed by atoms with van der Waals surface area (Å²) in [6, 6.07) is 6.84. The number of likely N-dealkylation sites (N-methyl/N-ethyl adjacent to an activating group) is 1. The molecule has 0 radical (unpaired) electrons. The first kappa shape index (κ1) is 27.4. The van der Waals surface area contributed by atoms with E-state index in [1.807, 2.05) is 18.9 Å². The minimum atomic E-state index is -4.57. The lowest BCUT2D eigenvalue weighted by Gasteiger charge is -2.28. The minimum Gasteiger partial charge on any atom is -0.370 e. The average Bonchev–Trinajstić information content (AvgIpc) is 2.83. The van der Waals surface area contributed by atoms with Crippen LogP contribution in [0.2, 0.25) is 0 Å². The summed E-state index contributed by atoms with van der Waals surface area (Å²) in [5, 5.41) is 3.50. The molecule has 202 valence electrons. The van der Waals surface area contributed by atoms with Crippen molar-refractivity contribution in [2.75, 3.05) is 32.5 Å². The van der Waals surface area contributed by atoms with Crippen molar-refractivity contribution in [2.24, 2.45) is 0 Å². The van der Waals surface area contributed by atoms with Crippen LogP contribution in [0.5, 0.6) is 0 Å². The monoisotopic (exact) mass is 536 g/mol. The second kappa shape index (κ2) is 10.6. The summed E-state index contributed by atoms with van der Waals surface area (Å²) >= 11 is 0. The van der Waals surface area contributed by atoms with Gasteiger partial charge < -0.3 is 10.2 Å². The molecule has 0 fully saturated rings. The van der Waals surface area contributed by atoms with Crippen LogP contribution in [0.4, 0.5) is 37.8 Å². The van der Waals surface area contributed by atoms with E-state index in [-0.39, 0.29) is 11.4 Å². The van der Waals surface area contributed by atoms with Crippen LogP contribution in [0.3, 0.4) is 0 Å². The van der Waals surface area contributed by atoms with E-state index in [1.54, 1.807) is 25.2 Å². The summed E-state index contributed by atoms with van der Waals surface area (Å²) in [4.78, 5) is 16.2. The van der Waals surface area contributed by atoms with Gasteiger partial charge in [0.25, 0.3) is 0 Å². The highest BCUT2D eigenvalue weighted by atomic mass is 19.4. The number of nitrogens with one attached hydrogen (secondary N) is 1. The molecule has 12 heteroatoms. The van der Waals surface area contributed by atoms with Gasteiger partial charge in [-0.25, -0.2) is 15.0 Å². The zero-order valence-corrected chi connectivity index (χ0v) is 21.0. The third-order valence-corrected chi connectivity index (χ3v) is 5.96. The first-order valence-corrected chi connectivity index (χ1v) is 11.9. The molecular weight excluding hydrogens is 510 g/mol. The number of pyridine rings is 1. The third-order valence-electron chi connectivity index (χ3n) is 5.96. The fourth-order valence-electron chi connectivity index (χ4n) is 4.27. The van der Waals surface area contributed by atoms with Crippen molar-refractivity contribution in [1.82, 2.24) is 24.8 Å². The molecule has 1 aromatic carbocycles. The number of anilines is 2. The number of benzene rings is 1. The number of allylic oxidation sites excluding steroid dienone is 2. The molecular formula is C26H26F6N6. The lowest BCUT2D eigenvalue weighted by Crippen LogP contribution is -2.26. The lowest BCUT2D eigenvalue weighted by atomic mass is 10.00. The Hall–Kier alpha value is -3.67. The molecule has 6 nitrogen and oxygen atoms in total. The smallest absolute Gasteiger partial charge is 0.370 e. The molecule has 0 saturated heterocycles. The van der Waals surface area contributed by atoms with Crippen molar-refractivity contribution >= 4 is 28.1 Å². The number of nitrogens with zero attached hydrogens (tertiary/aromatic N) is 5. The molecule has 0 bridgehead atoms. The number of hydrogen-bond acceptors (Lipinski definition) is 6. The summed E-state index contributed by atoms with van der Waals surface area (Å²) in [7, 11) is 3.48. The Bertz CT molecular complexity index is 1360. The second-order valence-corrected chi connectivity index (χ2v) is 9.06. The molecule has 0 spiro atoms. The maximum Gasteiger partial charge on any atom is 0.433 e. The average molecular weight is 537 g/mol. The molecule has 2 aromatic heterocycles. The maximum absolute atomic E-state index is 13.8.